The fraction of sp³-hybridized carbons (Fsp3) is 0.571. The van der Waals surface area contributed by atoms with Gasteiger partial charge in [-0.2, -0.15) is 0 Å². The van der Waals surface area contributed by atoms with Crippen LogP contribution in [-0.2, 0) is 5.41 Å². The molecule has 0 unspecified atom stereocenters. The Balaban J connectivity index is 2.64. The van der Waals surface area contributed by atoms with Crippen LogP contribution < -0.4 is 15.2 Å². The van der Waals surface area contributed by atoms with E-state index in [4.69, 9.17) is 26.8 Å². The Morgan fingerprint density at radius 1 is 1.33 bits per heavy atom. The molecule has 2 N–H and O–H groups in total. The van der Waals surface area contributed by atoms with Gasteiger partial charge in [-0.1, -0.05) is 18.0 Å². The zero-order valence-corrected chi connectivity index (χ0v) is 11.9. The number of aryl methyl sites for hydroxylation is 1. The molecule has 0 aliphatic heterocycles. The van der Waals surface area contributed by atoms with Crippen molar-refractivity contribution in [2.75, 3.05) is 20.8 Å². The molecule has 1 aromatic carbocycles. The second kappa shape index (κ2) is 4.98. The van der Waals surface area contributed by atoms with Crippen molar-refractivity contribution in [3.63, 3.8) is 0 Å². The van der Waals surface area contributed by atoms with E-state index in [1.54, 1.807) is 14.2 Å². The van der Waals surface area contributed by atoms with E-state index in [2.05, 4.69) is 0 Å². The Morgan fingerprint density at radius 2 is 2.00 bits per heavy atom. The normalized spacial score (nSPS) is 17.2. The number of hydrogen-bond donors (Lipinski definition) is 1. The van der Waals surface area contributed by atoms with Gasteiger partial charge in [0.15, 0.2) is 0 Å². The Morgan fingerprint density at radius 3 is 2.39 bits per heavy atom. The minimum absolute atomic E-state index is 0.0383. The molecule has 2 rings (SSSR count). The number of nitrogens with two attached hydrogens (primary N) is 1. The van der Waals surface area contributed by atoms with Crippen molar-refractivity contribution >= 4 is 11.6 Å². The highest BCUT2D eigenvalue weighted by molar-refractivity contribution is 6.33. The van der Waals surface area contributed by atoms with E-state index in [0.29, 0.717) is 11.6 Å². The maximum Gasteiger partial charge on any atom is 0.140 e. The first-order chi connectivity index (χ1) is 8.59. The molecular weight excluding hydrogens is 250 g/mol. The summed E-state index contributed by atoms with van der Waals surface area (Å²) in [5, 5.41) is 0.652. The Bertz CT molecular complexity index is 450. The van der Waals surface area contributed by atoms with Gasteiger partial charge >= 0.3 is 0 Å². The standard InChI is InChI=1S/C14H20ClNO2/c1-9-7-10(17-2)11(12(15)13(9)18-3)14(8-16)5-4-6-14/h7H,4-6,8,16H2,1-3H3. The summed E-state index contributed by atoms with van der Waals surface area (Å²) < 4.78 is 10.9. The predicted octanol–water partition coefficient (Wildman–Crippen LogP) is 3.05. The highest BCUT2D eigenvalue weighted by Crippen LogP contribution is 2.52. The number of methoxy groups -OCH3 is 2. The van der Waals surface area contributed by atoms with Crippen LogP contribution in [-0.4, -0.2) is 20.8 Å². The highest BCUT2D eigenvalue weighted by Gasteiger charge is 2.42. The van der Waals surface area contributed by atoms with Crippen LogP contribution in [0, 0.1) is 6.92 Å². The van der Waals surface area contributed by atoms with E-state index in [1.807, 2.05) is 13.0 Å². The number of hydrogen-bond acceptors (Lipinski definition) is 3. The average Bonchev–Trinajstić information content (AvgIpc) is 2.31. The van der Waals surface area contributed by atoms with E-state index in [-0.39, 0.29) is 5.41 Å². The average molecular weight is 270 g/mol. The third-order valence-corrected chi connectivity index (χ3v) is 4.39. The molecule has 0 saturated heterocycles. The van der Waals surface area contributed by atoms with Crippen LogP contribution in [0.2, 0.25) is 5.02 Å². The predicted molar refractivity (Wildman–Crippen MR) is 73.9 cm³/mol. The van der Waals surface area contributed by atoms with E-state index >= 15 is 0 Å². The van der Waals surface area contributed by atoms with Gasteiger partial charge in [-0.05, 0) is 31.4 Å². The molecule has 0 atom stereocenters. The maximum absolute atomic E-state index is 6.51. The molecule has 1 aliphatic rings. The van der Waals surface area contributed by atoms with Crippen molar-refractivity contribution in [3.05, 3.63) is 22.2 Å². The Hall–Kier alpha value is -0.930. The number of rotatable bonds is 4. The van der Waals surface area contributed by atoms with Gasteiger partial charge in [0.05, 0.1) is 19.2 Å². The van der Waals surface area contributed by atoms with E-state index in [1.165, 1.54) is 6.42 Å². The molecular formula is C14H20ClNO2. The van der Waals surface area contributed by atoms with Gasteiger partial charge in [0.1, 0.15) is 11.5 Å². The van der Waals surface area contributed by atoms with Crippen LogP contribution in [0.1, 0.15) is 30.4 Å². The molecule has 0 radical (unpaired) electrons. The molecule has 1 saturated carbocycles. The third kappa shape index (κ3) is 1.86. The monoisotopic (exact) mass is 269 g/mol. The van der Waals surface area contributed by atoms with Gasteiger partial charge in [0, 0.05) is 17.5 Å². The van der Waals surface area contributed by atoms with E-state index in [9.17, 15) is 0 Å². The van der Waals surface area contributed by atoms with Crippen molar-refractivity contribution in [1.82, 2.24) is 0 Å². The van der Waals surface area contributed by atoms with Crippen LogP contribution in [0.15, 0.2) is 6.07 Å². The van der Waals surface area contributed by atoms with Gasteiger partial charge < -0.3 is 15.2 Å². The molecule has 18 heavy (non-hydrogen) atoms. The molecule has 0 amide bonds. The first-order valence-corrected chi connectivity index (χ1v) is 6.59. The van der Waals surface area contributed by atoms with Gasteiger partial charge in [-0.25, -0.2) is 0 Å². The van der Waals surface area contributed by atoms with Crippen molar-refractivity contribution in [2.45, 2.75) is 31.6 Å². The Labute approximate surface area is 113 Å². The summed E-state index contributed by atoms with van der Waals surface area (Å²) in [5.41, 5.74) is 7.93. The third-order valence-electron chi connectivity index (χ3n) is 4.03. The van der Waals surface area contributed by atoms with Crippen molar-refractivity contribution in [3.8, 4) is 11.5 Å². The zero-order chi connectivity index (χ0) is 13.3. The lowest BCUT2D eigenvalue weighted by Gasteiger charge is -2.43. The summed E-state index contributed by atoms with van der Waals surface area (Å²) in [7, 11) is 3.31. The lowest BCUT2D eigenvalue weighted by Crippen LogP contribution is -2.42. The van der Waals surface area contributed by atoms with Gasteiger partial charge in [0.25, 0.3) is 0 Å². The van der Waals surface area contributed by atoms with Crippen molar-refractivity contribution in [2.24, 2.45) is 5.73 Å². The highest BCUT2D eigenvalue weighted by atomic mass is 35.5. The fourth-order valence-corrected chi connectivity index (χ4v) is 3.31. The molecule has 0 aromatic heterocycles. The first-order valence-electron chi connectivity index (χ1n) is 6.21. The molecule has 0 spiro atoms. The molecule has 3 nitrogen and oxygen atoms in total. The maximum atomic E-state index is 6.51. The summed E-state index contributed by atoms with van der Waals surface area (Å²) in [6, 6.07) is 1.98. The van der Waals surface area contributed by atoms with Crippen molar-refractivity contribution < 1.29 is 9.47 Å². The summed E-state index contributed by atoms with van der Waals surface area (Å²) in [4.78, 5) is 0. The summed E-state index contributed by atoms with van der Waals surface area (Å²) in [5.74, 6) is 1.55. The lowest BCUT2D eigenvalue weighted by molar-refractivity contribution is 0.242. The van der Waals surface area contributed by atoms with Crippen LogP contribution in [0.4, 0.5) is 0 Å². The van der Waals surface area contributed by atoms with Gasteiger partial charge in [-0.3, -0.25) is 0 Å². The minimum Gasteiger partial charge on any atom is -0.496 e. The van der Waals surface area contributed by atoms with Gasteiger partial charge in [0.2, 0.25) is 0 Å². The summed E-state index contributed by atoms with van der Waals surface area (Å²) in [6.07, 6.45) is 3.31. The molecule has 1 fully saturated rings. The molecule has 1 aliphatic carbocycles. The molecule has 0 heterocycles. The summed E-state index contributed by atoms with van der Waals surface area (Å²) >= 11 is 6.51. The molecule has 4 heteroatoms. The Kier molecular flexibility index (Phi) is 3.74. The number of benzene rings is 1. The van der Waals surface area contributed by atoms with Crippen LogP contribution in [0.25, 0.3) is 0 Å². The molecule has 1 aromatic rings. The number of ether oxygens (including phenoxy) is 2. The summed E-state index contributed by atoms with van der Waals surface area (Å²) in [6.45, 7) is 2.56. The van der Waals surface area contributed by atoms with Crippen LogP contribution in [0.5, 0.6) is 11.5 Å². The van der Waals surface area contributed by atoms with Crippen LogP contribution >= 0.6 is 11.6 Å². The second-order valence-electron chi connectivity index (χ2n) is 4.96. The minimum atomic E-state index is -0.0383. The first kappa shape index (κ1) is 13.5. The molecule has 100 valence electrons. The van der Waals surface area contributed by atoms with Gasteiger partial charge in [-0.15, -0.1) is 0 Å². The second-order valence-corrected chi connectivity index (χ2v) is 5.33. The topological polar surface area (TPSA) is 44.5 Å². The lowest BCUT2D eigenvalue weighted by atomic mass is 9.64. The number of halogens is 1. The largest absolute Gasteiger partial charge is 0.496 e. The zero-order valence-electron chi connectivity index (χ0n) is 11.2. The van der Waals surface area contributed by atoms with E-state index < -0.39 is 0 Å². The quantitative estimate of drug-likeness (QED) is 0.914. The van der Waals surface area contributed by atoms with Crippen LogP contribution in [0.3, 0.4) is 0 Å². The SMILES string of the molecule is COc1cc(C)c(OC)c(Cl)c1C1(CN)CCC1. The van der Waals surface area contributed by atoms with Crippen molar-refractivity contribution in [1.29, 1.82) is 0 Å². The fourth-order valence-electron chi connectivity index (χ4n) is 2.79. The molecule has 0 bridgehead atoms. The smallest absolute Gasteiger partial charge is 0.140 e. The van der Waals surface area contributed by atoms with E-state index in [0.717, 1.165) is 35.5 Å².